The van der Waals surface area contributed by atoms with Gasteiger partial charge in [0, 0.05) is 12.5 Å². The van der Waals surface area contributed by atoms with E-state index in [9.17, 15) is 4.79 Å². The number of rotatable bonds is 8. The van der Waals surface area contributed by atoms with Gasteiger partial charge in [-0.05, 0) is 49.4 Å². The predicted octanol–water partition coefficient (Wildman–Crippen LogP) is 3.58. The summed E-state index contributed by atoms with van der Waals surface area (Å²) in [6.45, 7) is 2.76. The lowest BCUT2D eigenvalue weighted by Crippen LogP contribution is -2.35. The molecule has 2 aromatic rings. The minimum atomic E-state index is -1.07. The first-order valence-corrected chi connectivity index (χ1v) is 9.57. The average molecular weight is 384 g/mol. The van der Waals surface area contributed by atoms with Crippen LogP contribution in [0.4, 0.5) is 4.79 Å². The Balaban J connectivity index is 1.32. The molecule has 1 aromatic heterocycles. The minimum absolute atomic E-state index is 0.129. The van der Waals surface area contributed by atoms with Crippen molar-refractivity contribution in [1.29, 1.82) is 0 Å². The lowest BCUT2D eigenvalue weighted by atomic mass is 10.1. The molecule has 0 saturated heterocycles. The maximum absolute atomic E-state index is 10.6. The summed E-state index contributed by atoms with van der Waals surface area (Å²) in [6, 6.07) is 9.43. The number of nitrogens with zero attached hydrogens (tertiary/aromatic N) is 1. The first kappa shape index (κ1) is 18.4. The molecule has 148 valence electrons. The highest BCUT2D eigenvalue weighted by molar-refractivity contribution is 5.64. The van der Waals surface area contributed by atoms with Gasteiger partial charge in [0.1, 0.15) is 30.0 Å². The maximum atomic E-state index is 10.6. The fraction of sp³-hybridized carbons (Fsp3) is 0.429. The van der Waals surface area contributed by atoms with Crippen molar-refractivity contribution >= 4 is 6.09 Å². The molecule has 2 atom stereocenters. The van der Waals surface area contributed by atoms with Crippen molar-refractivity contribution in [2.24, 2.45) is 5.92 Å². The normalized spacial score (nSPS) is 18.7. The van der Waals surface area contributed by atoms with E-state index in [4.69, 9.17) is 19.3 Å². The highest BCUT2D eigenvalue weighted by Crippen LogP contribution is 2.39. The number of nitrogens with one attached hydrogen (secondary N) is 1. The van der Waals surface area contributed by atoms with Crippen molar-refractivity contribution in [2.45, 2.75) is 38.3 Å². The molecule has 1 unspecified atom stereocenters. The number of amides is 1. The number of fused-ring (bicyclic) bond motifs is 1. The van der Waals surface area contributed by atoms with E-state index < -0.39 is 6.09 Å². The third kappa shape index (κ3) is 4.65. The minimum Gasteiger partial charge on any atom is -0.493 e. The van der Waals surface area contributed by atoms with E-state index in [1.54, 1.807) is 13.1 Å². The van der Waals surface area contributed by atoms with Gasteiger partial charge in [0.15, 0.2) is 0 Å². The second kappa shape index (κ2) is 7.96. The number of ether oxygens (including phenoxy) is 3. The first-order valence-electron chi connectivity index (χ1n) is 9.57. The quantitative estimate of drug-likeness (QED) is 0.723. The van der Waals surface area contributed by atoms with Crippen LogP contribution in [0.2, 0.25) is 0 Å². The molecule has 1 aromatic carbocycles. The van der Waals surface area contributed by atoms with E-state index in [2.05, 4.69) is 16.4 Å². The van der Waals surface area contributed by atoms with Crippen LogP contribution >= 0.6 is 0 Å². The van der Waals surface area contributed by atoms with Gasteiger partial charge in [0.25, 0.3) is 0 Å². The highest BCUT2D eigenvalue weighted by atomic mass is 16.5. The molecule has 4 rings (SSSR count). The van der Waals surface area contributed by atoms with Crippen molar-refractivity contribution in [1.82, 2.24) is 10.3 Å². The summed E-state index contributed by atoms with van der Waals surface area (Å²) in [5.41, 5.74) is 1.99. The van der Waals surface area contributed by atoms with Gasteiger partial charge in [-0.25, -0.2) is 4.79 Å². The fourth-order valence-corrected chi connectivity index (χ4v) is 3.10. The second-order valence-electron chi connectivity index (χ2n) is 7.41. The van der Waals surface area contributed by atoms with Crippen LogP contribution in [0.25, 0.3) is 0 Å². The number of pyridine rings is 1. The number of benzene rings is 1. The molecule has 0 spiro atoms. The molecular formula is C21H24N2O5. The zero-order valence-corrected chi connectivity index (χ0v) is 15.8. The zero-order chi connectivity index (χ0) is 19.5. The number of aromatic nitrogens is 1. The third-order valence-electron chi connectivity index (χ3n) is 4.85. The molecule has 28 heavy (non-hydrogen) atoms. The van der Waals surface area contributed by atoms with Gasteiger partial charge in [-0.2, -0.15) is 0 Å². The number of hydrogen-bond acceptors (Lipinski definition) is 5. The largest absolute Gasteiger partial charge is 0.493 e. The Bertz CT molecular complexity index is 835. The van der Waals surface area contributed by atoms with E-state index in [1.165, 1.54) is 12.8 Å². The third-order valence-corrected chi connectivity index (χ3v) is 4.85. The van der Waals surface area contributed by atoms with E-state index in [0.717, 1.165) is 41.7 Å². The number of carbonyl (C=O) groups is 1. The van der Waals surface area contributed by atoms with Crippen molar-refractivity contribution in [2.75, 3.05) is 13.2 Å². The Morgan fingerprint density at radius 3 is 2.82 bits per heavy atom. The van der Waals surface area contributed by atoms with Crippen molar-refractivity contribution in [3.8, 4) is 17.2 Å². The Labute approximate surface area is 163 Å². The molecule has 7 nitrogen and oxygen atoms in total. The first-order chi connectivity index (χ1) is 13.6. The van der Waals surface area contributed by atoms with E-state index in [-0.39, 0.29) is 18.8 Å². The van der Waals surface area contributed by atoms with Crippen molar-refractivity contribution in [3.63, 3.8) is 0 Å². The maximum Gasteiger partial charge on any atom is 0.404 e. The highest BCUT2D eigenvalue weighted by Gasteiger charge is 2.27. The van der Waals surface area contributed by atoms with E-state index in [1.807, 2.05) is 24.3 Å². The molecule has 2 N–H and O–H groups in total. The predicted molar refractivity (Wildman–Crippen MR) is 102 cm³/mol. The summed E-state index contributed by atoms with van der Waals surface area (Å²) < 4.78 is 17.5. The molecule has 7 heteroatoms. The van der Waals surface area contributed by atoms with Crippen LogP contribution in [-0.4, -0.2) is 35.4 Å². The smallest absolute Gasteiger partial charge is 0.404 e. The van der Waals surface area contributed by atoms with Crippen LogP contribution in [0.1, 0.15) is 37.1 Å². The summed E-state index contributed by atoms with van der Waals surface area (Å²) in [5.74, 6) is 3.02. The van der Waals surface area contributed by atoms with Crippen LogP contribution in [0.15, 0.2) is 36.5 Å². The average Bonchev–Trinajstić information content (AvgIpc) is 3.41. The SMILES string of the molecule is C[C@@H](COc1ccc(C2Cc3ccc(OCC4CC4)cc3O2)nc1)NC(=O)O. The van der Waals surface area contributed by atoms with Crippen molar-refractivity contribution in [3.05, 3.63) is 47.8 Å². The molecule has 1 aliphatic heterocycles. The molecule has 1 fully saturated rings. The zero-order valence-electron chi connectivity index (χ0n) is 15.8. The summed E-state index contributed by atoms with van der Waals surface area (Å²) in [5, 5.41) is 11.0. The summed E-state index contributed by atoms with van der Waals surface area (Å²) in [6.07, 6.45) is 3.75. The van der Waals surface area contributed by atoms with Crippen LogP contribution < -0.4 is 19.5 Å². The Hall–Kier alpha value is -2.96. The van der Waals surface area contributed by atoms with Gasteiger partial charge in [0.2, 0.25) is 0 Å². The molecule has 1 saturated carbocycles. The van der Waals surface area contributed by atoms with Crippen LogP contribution in [0.3, 0.4) is 0 Å². The molecule has 2 heterocycles. The number of hydrogen-bond donors (Lipinski definition) is 2. The topological polar surface area (TPSA) is 89.9 Å². The Morgan fingerprint density at radius 1 is 1.29 bits per heavy atom. The van der Waals surface area contributed by atoms with Gasteiger partial charge in [-0.1, -0.05) is 6.07 Å². The second-order valence-corrected chi connectivity index (χ2v) is 7.41. The van der Waals surface area contributed by atoms with Gasteiger partial charge in [0.05, 0.1) is 24.5 Å². The van der Waals surface area contributed by atoms with Crippen LogP contribution in [0, 0.1) is 5.92 Å². The van der Waals surface area contributed by atoms with E-state index >= 15 is 0 Å². The Kier molecular flexibility index (Phi) is 5.23. The van der Waals surface area contributed by atoms with Crippen LogP contribution in [-0.2, 0) is 6.42 Å². The Morgan fingerprint density at radius 2 is 2.11 bits per heavy atom. The lowest BCUT2D eigenvalue weighted by molar-refractivity contribution is 0.183. The summed E-state index contributed by atoms with van der Waals surface area (Å²) >= 11 is 0. The van der Waals surface area contributed by atoms with Crippen molar-refractivity contribution < 1.29 is 24.1 Å². The molecule has 2 aliphatic rings. The van der Waals surface area contributed by atoms with Gasteiger partial charge < -0.3 is 24.6 Å². The summed E-state index contributed by atoms with van der Waals surface area (Å²) in [7, 11) is 0. The molecule has 1 aliphatic carbocycles. The monoisotopic (exact) mass is 384 g/mol. The molecular weight excluding hydrogens is 360 g/mol. The molecule has 0 bridgehead atoms. The summed E-state index contributed by atoms with van der Waals surface area (Å²) in [4.78, 5) is 15.1. The number of carboxylic acid groups (broad SMARTS) is 1. The van der Waals surface area contributed by atoms with Crippen LogP contribution in [0.5, 0.6) is 17.2 Å². The van der Waals surface area contributed by atoms with Gasteiger partial charge >= 0.3 is 6.09 Å². The van der Waals surface area contributed by atoms with Gasteiger partial charge in [-0.3, -0.25) is 4.98 Å². The fourth-order valence-electron chi connectivity index (χ4n) is 3.10. The lowest BCUT2D eigenvalue weighted by Gasteiger charge is -2.14. The van der Waals surface area contributed by atoms with Gasteiger partial charge in [-0.15, -0.1) is 0 Å². The standard InChI is InChI=1S/C21H24N2O5/c1-13(23-21(24)25)11-26-17-6-7-18(22-10-17)20-8-15-4-5-16(9-19(15)28-20)27-12-14-2-3-14/h4-7,9-10,13-14,20,23H,2-3,8,11-12H2,1H3,(H,24,25)/t13-,20?/m0/s1. The molecule has 1 amide bonds. The van der Waals surface area contributed by atoms with E-state index in [0.29, 0.717) is 5.75 Å². The molecule has 0 radical (unpaired) electrons.